The molecule has 1 aromatic rings. The van der Waals surface area contributed by atoms with Crippen molar-refractivity contribution in [3.8, 4) is 0 Å². The second kappa shape index (κ2) is 8.84. The number of ether oxygens (including phenoxy) is 1. The molecule has 150 valence electrons. The van der Waals surface area contributed by atoms with Crippen LogP contribution < -0.4 is 5.32 Å². The van der Waals surface area contributed by atoms with Crippen molar-refractivity contribution >= 4 is 21.9 Å². The Balaban J connectivity index is 2.31. The molecule has 0 aromatic heterocycles. The van der Waals surface area contributed by atoms with Crippen molar-refractivity contribution in [3.05, 3.63) is 29.3 Å². The van der Waals surface area contributed by atoms with Crippen molar-refractivity contribution in [3.63, 3.8) is 0 Å². The number of sulfonamides is 1. The summed E-state index contributed by atoms with van der Waals surface area (Å²) in [7, 11) is -2.34. The van der Waals surface area contributed by atoms with E-state index < -0.39 is 27.9 Å². The molecule has 1 fully saturated rings. The molecule has 2 rings (SSSR count). The lowest BCUT2D eigenvalue weighted by Crippen LogP contribution is -2.45. The number of methoxy groups -OCH3 is 1. The highest BCUT2D eigenvalue weighted by molar-refractivity contribution is 7.89. The molecule has 0 saturated carbocycles. The average Bonchev–Trinajstić information content (AvgIpc) is 3.20. The van der Waals surface area contributed by atoms with Gasteiger partial charge in [-0.3, -0.25) is 4.79 Å². The van der Waals surface area contributed by atoms with Crippen LogP contribution in [0.15, 0.2) is 23.1 Å². The minimum Gasteiger partial charge on any atom is -0.467 e. The second-order valence-corrected chi connectivity index (χ2v) is 8.89. The second-order valence-electron chi connectivity index (χ2n) is 6.95. The third kappa shape index (κ3) is 4.68. The highest BCUT2D eigenvalue weighted by Gasteiger charge is 2.30. The van der Waals surface area contributed by atoms with Gasteiger partial charge in [-0.15, -0.1) is 0 Å². The quantitative estimate of drug-likeness (QED) is 0.713. The Labute approximate surface area is 161 Å². The number of amides is 1. The molecule has 8 heteroatoms. The summed E-state index contributed by atoms with van der Waals surface area (Å²) in [6.45, 7) is 6.49. The van der Waals surface area contributed by atoms with Crippen LogP contribution >= 0.6 is 0 Å². The summed E-state index contributed by atoms with van der Waals surface area (Å²) in [6, 6.07) is 3.75. The molecule has 0 aliphatic carbocycles. The largest absolute Gasteiger partial charge is 0.467 e. The Kier molecular flexibility index (Phi) is 7.00. The summed E-state index contributed by atoms with van der Waals surface area (Å²) in [5.41, 5.74) is 0.883. The van der Waals surface area contributed by atoms with Gasteiger partial charge in [0.15, 0.2) is 0 Å². The molecule has 1 aliphatic rings. The standard InChI is InChI=1S/C19H28N2O5S/c1-5-13(2)17(19(23)26-4)20-18(22)16-12-15(9-8-14(16)3)27(24,25)21-10-6-7-11-21/h8-9,12-13,17H,5-7,10-11H2,1-4H3,(H,20,22)/t13-,17+/m0/s1. The Bertz CT molecular complexity index is 800. The van der Waals surface area contributed by atoms with Gasteiger partial charge in [-0.2, -0.15) is 4.31 Å². The van der Waals surface area contributed by atoms with E-state index in [2.05, 4.69) is 5.32 Å². The van der Waals surface area contributed by atoms with Crippen LogP contribution in [0.2, 0.25) is 0 Å². The Morgan fingerprint density at radius 3 is 2.44 bits per heavy atom. The summed E-state index contributed by atoms with van der Waals surface area (Å²) in [6.07, 6.45) is 2.37. The molecule has 0 radical (unpaired) electrons. The minimum atomic E-state index is -3.62. The van der Waals surface area contributed by atoms with Gasteiger partial charge in [0, 0.05) is 18.7 Å². The zero-order chi connectivity index (χ0) is 20.2. The number of nitrogens with zero attached hydrogens (tertiary/aromatic N) is 1. The number of benzene rings is 1. The first kappa shape index (κ1) is 21.4. The monoisotopic (exact) mass is 396 g/mol. The average molecular weight is 397 g/mol. The van der Waals surface area contributed by atoms with Gasteiger partial charge in [-0.05, 0) is 43.4 Å². The van der Waals surface area contributed by atoms with E-state index in [-0.39, 0.29) is 16.4 Å². The molecule has 1 aliphatic heterocycles. The van der Waals surface area contributed by atoms with Crippen LogP contribution in [-0.2, 0) is 19.6 Å². The van der Waals surface area contributed by atoms with Crippen molar-refractivity contribution in [1.82, 2.24) is 9.62 Å². The van der Waals surface area contributed by atoms with Gasteiger partial charge >= 0.3 is 5.97 Å². The number of carbonyl (C=O) groups is 2. The molecule has 1 heterocycles. The Morgan fingerprint density at radius 2 is 1.89 bits per heavy atom. The van der Waals surface area contributed by atoms with Gasteiger partial charge < -0.3 is 10.1 Å². The molecule has 7 nitrogen and oxygen atoms in total. The molecule has 0 unspecified atom stereocenters. The van der Waals surface area contributed by atoms with Crippen molar-refractivity contribution < 1.29 is 22.7 Å². The molecular formula is C19H28N2O5S. The lowest BCUT2D eigenvalue weighted by atomic mass is 9.98. The fraction of sp³-hybridized carbons (Fsp3) is 0.579. The first-order chi connectivity index (χ1) is 12.7. The van der Waals surface area contributed by atoms with E-state index in [1.807, 2.05) is 13.8 Å². The van der Waals surface area contributed by atoms with E-state index in [1.165, 1.54) is 23.5 Å². The van der Waals surface area contributed by atoms with Crippen molar-refractivity contribution in [2.45, 2.75) is 51.0 Å². The Hall–Kier alpha value is -1.93. The van der Waals surface area contributed by atoms with Gasteiger partial charge in [0.25, 0.3) is 5.91 Å². The predicted molar refractivity (Wildman–Crippen MR) is 102 cm³/mol. The number of carbonyl (C=O) groups excluding carboxylic acids is 2. The lowest BCUT2D eigenvalue weighted by Gasteiger charge is -2.22. The van der Waals surface area contributed by atoms with Crippen LogP contribution in [0, 0.1) is 12.8 Å². The summed E-state index contributed by atoms with van der Waals surface area (Å²) >= 11 is 0. The van der Waals surface area contributed by atoms with Crippen LogP contribution in [0.5, 0.6) is 0 Å². The molecule has 1 amide bonds. The third-order valence-corrected chi connectivity index (χ3v) is 7.01. The van der Waals surface area contributed by atoms with E-state index in [1.54, 1.807) is 13.0 Å². The van der Waals surface area contributed by atoms with Gasteiger partial charge in [0.2, 0.25) is 10.0 Å². The molecule has 0 spiro atoms. The molecule has 1 saturated heterocycles. The molecule has 0 bridgehead atoms. The van der Waals surface area contributed by atoms with E-state index in [0.29, 0.717) is 25.1 Å². The van der Waals surface area contributed by atoms with Crippen molar-refractivity contribution in [2.24, 2.45) is 5.92 Å². The van der Waals surface area contributed by atoms with Crippen LogP contribution in [0.3, 0.4) is 0 Å². The maximum Gasteiger partial charge on any atom is 0.328 e. The van der Waals surface area contributed by atoms with Crippen molar-refractivity contribution in [2.75, 3.05) is 20.2 Å². The SMILES string of the molecule is CC[C@H](C)[C@@H](NC(=O)c1cc(S(=O)(=O)N2CCCC2)ccc1C)C(=O)OC. The first-order valence-corrected chi connectivity index (χ1v) is 10.7. The van der Waals surface area contributed by atoms with Gasteiger partial charge in [0.05, 0.1) is 12.0 Å². The first-order valence-electron chi connectivity index (χ1n) is 9.21. The van der Waals surface area contributed by atoms with Crippen LogP contribution in [0.1, 0.15) is 49.0 Å². The summed E-state index contributed by atoms with van der Waals surface area (Å²) < 4.78 is 31.8. The smallest absolute Gasteiger partial charge is 0.328 e. The fourth-order valence-electron chi connectivity index (χ4n) is 3.10. The third-order valence-electron chi connectivity index (χ3n) is 5.11. The normalized spacial score (nSPS) is 17.3. The van der Waals surface area contributed by atoms with Crippen LogP contribution in [-0.4, -0.2) is 50.8 Å². The van der Waals surface area contributed by atoms with Gasteiger partial charge in [0.1, 0.15) is 6.04 Å². The minimum absolute atomic E-state index is 0.0957. The summed E-state index contributed by atoms with van der Waals surface area (Å²) in [5, 5.41) is 2.70. The maximum atomic E-state index is 12.8. The Morgan fingerprint density at radius 1 is 1.26 bits per heavy atom. The molecule has 27 heavy (non-hydrogen) atoms. The lowest BCUT2D eigenvalue weighted by molar-refractivity contribution is -0.144. The van der Waals surface area contributed by atoms with Crippen LogP contribution in [0.4, 0.5) is 0 Å². The summed E-state index contributed by atoms with van der Waals surface area (Å²) in [4.78, 5) is 24.9. The van der Waals surface area contributed by atoms with Gasteiger partial charge in [-0.25, -0.2) is 13.2 Å². The molecular weight excluding hydrogens is 368 g/mol. The van der Waals surface area contributed by atoms with E-state index in [9.17, 15) is 18.0 Å². The topological polar surface area (TPSA) is 92.8 Å². The number of hydrogen-bond acceptors (Lipinski definition) is 5. The van der Waals surface area contributed by atoms with Gasteiger partial charge in [-0.1, -0.05) is 26.3 Å². The number of aryl methyl sites for hydroxylation is 1. The van der Waals surface area contributed by atoms with Crippen LogP contribution in [0.25, 0.3) is 0 Å². The zero-order valence-electron chi connectivity index (χ0n) is 16.3. The summed E-state index contributed by atoms with van der Waals surface area (Å²) in [5.74, 6) is -1.11. The zero-order valence-corrected chi connectivity index (χ0v) is 17.1. The number of nitrogens with one attached hydrogen (secondary N) is 1. The maximum absolute atomic E-state index is 12.8. The fourth-order valence-corrected chi connectivity index (χ4v) is 4.64. The number of esters is 1. The highest BCUT2D eigenvalue weighted by Crippen LogP contribution is 2.23. The van der Waals surface area contributed by atoms with E-state index in [0.717, 1.165) is 12.8 Å². The number of rotatable bonds is 7. The number of hydrogen-bond donors (Lipinski definition) is 1. The van der Waals surface area contributed by atoms with E-state index >= 15 is 0 Å². The van der Waals surface area contributed by atoms with E-state index in [4.69, 9.17) is 4.74 Å². The predicted octanol–water partition coefficient (Wildman–Crippen LogP) is 2.10. The molecule has 2 atom stereocenters. The molecule has 1 aromatic carbocycles. The van der Waals surface area contributed by atoms with Crippen molar-refractivity contribution in [1.29, 1.82) is 0 Å². The highest BCUT2D eigenvalue weighted by atomic mass is 32.2. The molecule has 1 N–H and O–H groups in total.